The summed E-state index contributed by atoms with van der Waals surface area (Å²) in [5.41, 5.74) is 11.4. The second kappa shape index (κ2) is 9.83. The summed E-state index contributed by atoms with van der Waals surface area (Å²) in [5, 5.41) is 14.2. The average molecular weight is 580 g/mol. The Bertz CT molecular complexity index is 1420. The number of hydrogen-bond acceptors (Lipinski definition) is 8. The Kier molecular flexibility index (Phi) is 6.46. The highest BCUT2D eigenvalue weighted by Crippen LogP contribution is 2.55. The predicted molar refractivity (Wildman–Crippen MR) is 159 cm³/mol. The molecule has 0 radical (unpaired) electrons. The van der Waals surface area contributed by atoms with E-state index >= 15 is 0 Å². The number of amides is 1. The summed E-state index contributed by atoms with van der Waals surface area (Å²) >= 11 is 7.04. The zero-order chi connectivity index (χ0) is 28.6. The standard InChI is InChI=1S/C30H38ClN7O3/c1-4-25(39)35-15-30(16-35)8-19(9-30)38-18(3)26(27-21(10-32)22(33)7-17(2)28(27)31)29(34-38)37-6-5-36(20-11-40-12-20)23-13-41-14-24(23)37/h4,7,10,19-20,23-24,32H,1,5-6,8-9,11-16,33H2,2-3H3. The third-order valence-corrected chi connectivity index (χ3v) is 10.6. The van der Waals surface area contributed by atoms with E-state index in [1.807, 2.05) is 17.9 Å². The first kappa shape index (κ1) is 26.9. The van der Waals surface area contributed by atoms with Crippen molar-refractivity contribution >= 4 is 35.2 Å². The zero-order valence-corrected chi connectivity index (χ0v) is 24.5. The van der Waals surface area contributed by atoms with E-state index in [-0.39, 0.29) is 29.4 Å². The average Bonchev–Trinajstić information content (AvgIpc) is 3.49. The van der Waals surface area contributed by atoms with Crippen molar-refractivity contribution in [3.8, 4) is 11.1 Å². The smallest absolute Gasteiger partial charge is 0.245 e. The van der Waals surface area contributed by atoms with Gasteiger partial charge in [0, 0.05) is 65.9 Å². The van der Waals surface area contributed by atoms with Gasteiger partial charge in [0.2, 0.25) is 5.91 Å². The molecule has 5 aliphatic rings. The highest BCUT2D eigenvalue weighted by Gasteiger charge is 2.55. The Hall–Kier alpha value is -2.92. The van der Waals surface area contributed by atoms with Gasteiger partial charge in [0.25, 0.3) is 0 Å². The quantitative estimate of drug-likeness (QED) is 0.307. The van der Waals surface area contributed by atoms with Crippen molar-refractivity contribution in [2.45, 2.75) is 50.9 Å². The van der Waals surface area contributed by atoms with Crippen LogP contribution in [-0.2, 0) is 14.3 Å². The van der Waals surface area contributed by atoms with E-state index in [9.17, 15) is 4.79 Å². The second-order valence-corrected chi connectivity index (χ2v) is 12.9. The lowest BCUT2D eigenvalue weighted by Gasteiger charge is -2.58. The molecular formula is C30H38ClN7O3. The van der Waals surface area contributed by atoms with E-state index in [4.69, 9.17) is 37.3 Å². The van der Waals surface area contributed by atoms with Gasteiger partial charge in [-0.1, -0.05) is 18.2 Å². The number of nitrogen functional groups attached to an aromatic ring is 1. The van der Waals surface area contributed by atoms with Gasteiger partial charge in [0.05, 0.1) is 55.6 Å². The first-order valence-corrected chi connectivity index (χ1v) is 14.9. The second-order valence-electron chi connectivity index (χ2n) is 12.5. The van der Waals surface area contributed by atoms with Crippen LogP contribution in [0.3, 0.4) is 0 Å². The van der Waals surface area contributed by atoms with E-state index in [1.54, 1.807) is 0 Å². The number of carbonyl (C=O) groups excluding carboxylic acids is 1. The van der Waals surface area contributed by atoms with Crippen LogP contribution < -0.4 is 10.6 Å². The summed E-state index contributed by atoms with van der Waals surface area (Å²) in [7, 11) is 0. The lowest BCUT2D eigenvalue weighted by molar-refractivity contribution is -0.149. The number of piperazine rings is 1. The number of ether oxygens (including phenoxy) is 2. The molecule has 2 aromatic rings. The van der Waals surface area contributed by atoms with E-state index in [2.05, 4.69) is 28.0 Å². The number of nitrogens with two attached hydrogens (primary N) is 1. The minimum atomic E-state index is 0.00529. The van der Waals surface area contributed by atoms with Gasteiger partial charge in [0.1, 0.15) is 0 Å². The summed E-state index contributed by atoms with van der Waals surface area (Å²) in [6.45, 7) is 13.9. The first-order chi connectivity index (χ1) is 19.7. The number of aryl methyl sites for hydroxylation is 1. The number of aromatic nitrogens is 2. The molecule has 10 nitrogen and oxygen atoms in total. The monoisotopic (exact) mass is 579 g/mol. The summed E-state index contributed by atoms with van der Waals surface area (Å²) in [6, 6.07) is 2.95. The van der Waals surface area contributed by atoms with Crippen LogP contribution >= 0.6 is 11.6 Å². The fourth-order valence-corrected chi connectivity index (χ4v) is 8.09. The molecule has 1 saturated carbocycles. The maximum atomic E-state index is 12.1. The number of carbonyl (C=O) groups is 1. The van der Waals surface area contributed by atoms with E-state index in [0.717, 1.165) is 80.4 Å². The van der Waals surface area contributed by atoms with Gasteiger partial charge in [-0.05, 0) is 44.4 Å². The van der Waals surface area contributed by atoms with Gasteiger partial charge in [-0.2, -0.15) is 5.10 Å². The molecule has 1 aliphatic carbocycles. The van der Waals surface area contributed by atoms with Crippen molar-refractivity contribution in [2.75, 3.05) is 63.2 Å². The maximum absolute atomic E-state index is 12.1. The molecule has 0 bridgehead atoms. The molecule has 2 unspecified atom stereocenters. The molecule has 1 aromatic heterocycles. The number of anilines is 2. The van der Waals surface area contributed by atoms with Crippen molar-refractivity contribution in [1.82, 2.24) is 19.6 Å². The Balaban J connectivity index is 1.28. The first-order valence-electron chi connectivity index (χ1n) is 14.5. The number of hydrogen-bond donors (Lipinski definition) is 2. The van der Waals surface area contributed by atoms with Gasteiger partial charge in [0.15, 0.2) is 5.82 Å². The van der Waals surface area contributed by atoms with Crippen LogP contribution in [0.25, 0.3) is 11.1 Å². The number of halogens is 1. The maximum Gasteiger partial charge on any atom is 0.245 e. The summed E-state index contributed by atoms with van der Waals surface area (Å²) in [4.78, 5) is 18.9. The summed E-state index contributed by atoms with van der Waals surface area (Å²) in [6.07, 6.45) is 4.65. The van der Waals surface area contributed by atoms with E-state index in [0.29, 0.717) is 35.5 Å². The third kappa shape index (κ3) is 4.06. The van der Waals surface area contributed by atoms with E-state index in [1.165, 1.54) is 12.3 Å². The largest absolute Gasteiger partial charge is 0.398 e. The summed E-state index contributed by atoms with van der Waals surface area (Å²) in [5.74, 6) is 0.895. The number of nitrogens with zero attached hydrogens (tertiary/aromatic N) is 5. The van der Waals surface area contributed by atoms with Gasteiger partial charge >= 0.3 is 0 Å². The molecule has 11 heteroatoms. The van der Waals surface area contributed by atoms with E-state index < -0.39 is 0 Å². The molecule has 1 aromatic carbocycles. The Morgan fingerprint density at radius 3 is 2.49 bits per heavy atom. The lowest BCUT2D eigenvalue weighted by Crippen LogP contribution is -2.65. The SMILES string of the molecule is C=CC(=O)N1CC2(CC(n3nc(N4CCN(C5COC5)C5COCC54)c(-c4c(Cl)c(C)cc(N)c4C=N)c3C)C2)C1. The zero-order valence-electron chi connectivity index (χ0n) is 23.7. The number of nitrogens with one attached hydrogen (secondary N) is 1. The van der Waals surface area contributed by atoms with Crippen LogP contribution in [0.2, 0.25) is 5.02 Å². The molecule has 5 heterocycles. The van der Waals surface area contributed by atoms with Crippen molar-refractivity contribution in [1.29, 1.82) is 5.41 Å². The number of rotatable bonds is 6. The molecule has 7 rings (SSSR count). The van der Waals surface area contributed by atoms with Gasteiger partial charge in [-0.3, -0.25) is 14.4 Å². The molecule has 4 saturated heterocycles. The minimum absolute atomic E-state index is 0.00529. The molecule has 1 amide bonds. The van der Waals surface area contributed by atoms with Gasteiger partial charge in [-0.15, -0.1) is 0 Å². The molecule has 4 aliphatic heterocycles. The lowest BCUT2D eigenvalue weighted by atomic mass is 9.60. The number of fused-ring (bicyclic) bond motifs is 1. The van der Waals surface area contributed by atoms with Crippen LogP contribution in [0.5, 0.6) is 0 Å². The molecular weight excluding hydrogens is 542 g/mol. The normalized spacial score (nSPS) is 25.9. The Labute approximate surface area is 245 Å². The minimum Gasteiger partial charge on any atom is -0.398 e. The van der Waals surface area contributed by atoms with Crippen molar-refractivity contribution in [2.24, 2.45) is 5.41 Å². The van der Waals surface area contributed by atoms with Gasteiger partial charge < -0.3 is 30.4 Å². The Morgan fingerprint density at radius 2 is 1.83 bits per heavy atom. The Morgan fingerprint density at radius 1 is 1.12 bits per heavy atom. The summed E-state index contributed by atoms with van der Waals surface area (Å²) < 4.78 is 13.8. The molecule has 41 heavy (non-hydrogen) atoms. The topological polar surface area (TPSA) is 113 Å². The van der Waals surface area contributed by atoms with Crippen LogP contribution in [0, 0.1) is 24.7 Å². The number of benzene rings is 1. The molecule has 5 fully saturated rings. The van der Waals surface area contributed by atoms with Crippen molar-refractivity contribution in [3.05, 3.63) is 40.6 Å². The fraction of sp³-hybridized carbons (Fsp3) is 0.567. The van der Waals surface area contributed by atoms with Crippen molar-refractivity contribution in [3.63, 3.8) is 0 Å². The van der Waals surface area contributed by atoms with Crippen LogP contribution in [-0.4, -0.2) is 102 Å². The molecule has 3 N–H and O–H groups in total. The highest BCUT2D eigenvalue weighted by atomic mass is 35.5. The molecule has 1 spiro atoms. The van der Waals surface area contributed by atoms with Gasteiger partial charge in [-0.25, -0.2) is 0 Å². The molecule has 2 atom stereocenters. The van der Waals surface area contributed by atoms with Crippen LogP contribution in [0.4, 0.5) is 11.5 Å². The highest BCUT2D eigenvalue weighted by molar-refractivity contribution is 6.35. The third-order valence-electron chi connectivity index (χ3n) is 10.1. The van der Waals surface area contributed by atoms with Crippen molar-refractivity contribution < 1.29 is 14.3 Å². The fourth-order valence-electron chi connectivity index (χ4n) is 7.84. The van der Waals surface area contributed by atoms with Crippen LogP contribution in [0.15, 0.2) is 18.7 Å². The predicted octanol–water partition coefficient (Wildman–Crippen LogP) is 3.04. The number of likely N-dealkylation sites (tertiary alicyclic amines) is 1. The molecule has 218 valence electrons. The van der Waals surface area contributed by atoms with Crippen LogP contribution in [0.1, 0.15) is 35.7 Å².